The van der Waals surface area contributed by atoms with E-state index in [2.05, 4.69) is 0 Å². The molecule has 2 aromatic rings. The maximum absolute atomic E-state index is 13.0. The van der Waals surface area contributed by atoms with Crippen molar-refractivity contribution < 1.29 is 13.6 Å². The van der Waals surface area contributed by atoms with Crippen molar-refractivity contribution in [2.75, 3.05) is 0 Å². The molecule has 0 saturated heterocycles. The first-order valence-electron chi connectivity index (χ1n) is 7.02. The van der Waals surface area contributed by atoms with Crippen molar-refractivity contribution >= 4 is 5.78 Å². The van der Waals surface area contributed by atoms with Gasteiger partial charge in [0, 0.05) is 30.1 Å². The van der Waals surface area contributed by atoms with Crippen LogP contribution in [-0.2, 0) is 0 Å². The van der Waals surface area contributed by atoms with E-state index < -0.39 is 11.8 Å². The van der Waals surface area contributed by atoms with Crippen molar-refractivity contribution in [1.29, 1.82) is 5.26 Å². The number of Topliss-reactive ketones (excluding diaryl/α,β-unsaturated/α-hetero) is 1. The molecule has 0 bridgehead atoms. The molecule has 22 heavy (non-hydrogen) atoms. The molecule has 0 amide bonds. The molecule has 3 rings (SSSR count). The number of carbonyl (C=O) groups is 1. The molecule has 0 N–H and O–H groups in total. The van der Waals surface area contributed by atoms with E-state index in [0.29, 0.717) is 11.3 Å². The summed E-state index contributed by atoms with van der Waals surface area (Å²) in [7, 11) is 0. The summed E-state index contributed by atoms with van der Waals surface area (Å²) >= 11 is 0. The molecule has 1 aliphatic rings. The summed E-state index contributed by atoms with van der Waals surface area (Å²) in [4.78, 5) is 12.4. The summed E-state index contributed by atoms with van der Waals surface area (Å²) < 4.78 is 27.7. The SMILES string of the molecule is Cc1ccc(C(=O)C2CC(F)(F)C2)n1-c1ccc(C#N)cc1. The zero-order valence-corrected chi connectivity index (χ0v) is 12.0. The normalized spacial score (nSPS) is 16.8. The zero-order chi connectivity index (χ0) is 15.9. The Kier molecular flexibility index (Phi) is 3.32. The molecule has 0 radical (unpaired) electrons. The van der Waals surface area contributed by atoms with Gasteiger partial charge in [0.05, 0.1) is 17.3 Å². The van der Waals surface area contributed by atoms with Crippen molar-refractivity contribution in [3.63, 3.8) is 0 Å². The standard InChI is InChI=1S/C17H14F2N2O/c1-11-2-7-15(16(22)13-8-17(18,19)9-13)21(11)14-5-3-12(10-20)4-6-14/h2-7,13H,8-9H2,1H3. The molecule has 1 fully saturated rings. The van der Waals surface area contributed by atoms with Crippen LogP contribution in [0.3, 0.4) is 0 Å². The molecular weight excluding hydrogens is 286 g/mol. The summed E-state index contributed by atoms with van der Waals surface area (Å²) in [5.41, 5.74) is 2.54. The number of ketones is 1. The molecule has 1 saturated carbocycles. The van der Waals surface area contributed by atoms with Crippen LogP contribution in [0, 0.1) is 24.2 Å². The second-order valence-electron chi connectivity index (χ2n) is 5.68. The van der Waals surface area contributed by atoms with E-state index in [1.54, 1.807) is 41.0 Å². The van der Waals surface area contributed by atoms with Gasteiger partial charge in [-0.1, -0.05) is 0 Å². The monoisotopic (exact) mass is 300 g/mol. The van der Waals surface area contributed by atoms with Gasteiger partial charge in [-0.15, -0.1) is 0 Å². The van der Waals surface area contributed by atoms with Crippen LogP contribution in [0.5, 0.6) is 0 Å². The Labute approximate surface area is 126 Å². The average Bonchev–Trinajstić information content (AvgIpc) is 2.86. The first kappa shape index (κ1) is 14.5. The van der Waals surface area contributed by atoms with Gasteiger partial charge in [0.25, 0.3) is 0 Å². The second kappa shape index (κ2) is 5.06. The Bertz CT molecular complexity index is 761. The van der Waals surface area contributed by atoms with Crippen LogP contribution in [0.4, 0.5) is 8.78 Å². The van der Waals surface area contributed by atoms with Crippen molar-refractivity contribution in [2.24, 2.45) is 5.92 Å². The molecule has 0 unspecified atom stereocenters. The quantitative estimate of drug-likeness (QED) is 0.807. The van der Waals surface area contributed by atoms with Gasteiger partial charge >= 0.3 is 0 Å². The highest BCUT2D eigenvalue weighted by molar-refractivity contribution is 5.98. The number of hydrogen-bond donors (Lipinski definition) is 0. The minimum atomic E-state index is -2.71. The number of benzene rings is 1. The van der Waals surface area contributed by atoms with Crippen LogP contribution in [0.2, 0.25) is 0 Å². The molecular formula is C17H14F2N2O. The van der Waals surface area contributed by atoms with Gasteiger partial charge in [0.15, 0.2) is 5.78 Å². The lowest BCUT2D eigenvalue weighted by Gasteiger charge is -2.33. The van der Waals surface area contributed by atoms with E-state index in [4.69, 9.17) is 5.26 Å². The number of aromatic nitrogens is 1. The lowest BCUT2D eigenvalue weighted by Crippen LogP contribution is -2.40. The van der Waals surface area contributed by atoms with Crippen LogP contribution in [0.15, 0.2) is 36.4 Å². The van der Waals surface area contributed by atoms with Crippen LogP contribution in [0.25, 0.3) is 5.69 Å². The molecule has 0 spiro atoms. The lowest BCUT2D eigenvalue weighted by molar-refractivity contribution is -0.0983. The molecule has 0 aliphatic heterocycles. The Morgan fingerprint density at radius 3 is 2.41 bits per heavy atom. The highest BCUT2D eigenvalue weighted by Crippen LogP contribution is 2.44. The van der Waals surface area contributed by atoms with Gasteiger partial charge in [-0.05, 0) is 43.3 Å². The summed E-state index contributed by atoms with van der Waals surface area (Å²) in [5, 5.41) is 8.84. The Morgan fingerprint density at radius 2 is 1.86 bits per heavy atom. The maximum atomic E-state index is 13.0. The van der Waals surface area contributed by atoms with E-state index in [1.165, 1.54) is 0 Å². The number of halogens is 2. The van der Waals surface area contributed by atoms with E-state index in [-0.39, 0.29) is 18.6 Å². The fraction of sp³-hybridized carbons (Fsp3) is 0.294. The number of aryl methyl sites for hydroxylation is 1. The van der Waals surface area contributed by atoms with Gasteiger partial charge in [-0.25, -0.2) is 8.78 Å². The predicted molar refractivity (Wildman–Crippen MR) is 77.2 cm³/mol. The van der Waals surface area contributed by atoms with E-state index >= 15 is 0 Å². The van der Waals surface area contributed by atoms with Crippen LogP contribution in [-0.4, -0.2) is 16.3 Å². The van der Waals surface area contributed by atoms with E-state index in [0.717, 1.165) is 11.4 Å². The zero-order valence-electron chi connectivity index (χ0n) is 12.0. The minimum Gasteiger partial charge on any atom is -0.311 e. The first-order valence-corrected chi connectivity index (χ1v) is 7.02. The van der Waals surface area contributed by atoms with Crippen molar-refractivity contribution in [1.82, 2.24) is 4.57 Å². The summed E-state index contributed by atoms with van der Waals surface area (Å²) in [6, 6.07) is 12.3. The van der Waals surface area contributed by atoms with Crippen molar-refractivity contribution in [3.05, 3.63) is 53.3 Å². The average molecular weight is 300 g/mol. The lowest BCUT2D eigenvalue weighted by atomic mass is 9.77. The Hall–Kier alpha value is -2.48. The van der Waals surface area contributed by atoms with Gasteiger partial charge in [0.1, 0.15) is 0 Å². The van der Waals surface area contributed by atoms with Crippen molar-refractivity contribution in [3.8, 4) is 11.8 Å². The summed E-state index contributed by atoms with van der Waals surface area (Å²) in [6.07, 6.45) is -0.743. The number of nitriles is 1. The van der Waals surface area contributed by atoms with E-state index in [1.807, 2.05) is 13.0 Å². The molecule has 5 heteroatoms. The predicted octanol–water partition coefficient (Wildman–Crippen LogP) is 3.89. The molecule has 3 nitrogen and oxygen atoms in total. The van der Waals surface area contributed by atoms with Gasteiger partial charge in [-0.3, -0.25) is 4.79 Å². The molecule has 112 valence electrons. The molecule has 1 aromatic carbocycles. The Balaban J connectivity index is 1.94. The summed E-state index contributed by atoms with van der Waals surface area (Å²) in [6.45, 7) is 1.85. The highest BCUT2D eigenvalue weighted by Gasteiger charge is 2.49. The van der Waals surface area contributed by atoms with Crippen molar-refractivity contribution in [2.45, 2.75) is 25.7 Å². The minimum absolute atomic E-state index is 0.247. The second-order valence-corrected chi connectivity index (χ2v) is 5.68. The van der Waals surface area contributed by atoms with Crippen LogP contribution in [0.1, 0.15) is 34.6 Å². The molecule has 0 atom stereocenters. The van der Waals surface area contributed by atoms with Gasteiger partial charge in [-0.2, -0.15) is 5.26 Å². The van der Waals surface area contributed by atoms with Gasteiger partial charge in [0.2, 0.25) is 5.92 Å². The Morgan fingerprint density at radius 1 is 1.23 bits per heavy atom. The molecule has 1 aliphatic carbocycles. The third-order valence-corrected chi connectivity index (χ3v) is 4.04. The number of nitrogens with zero attached hydrogens (tertiary/aromatic N) is 2. The largest absolute Gasteiger partial charge is 0.311 e. The third kappa shape index (κ3) is 2.41. The number of alkyl halides is 2. The first-order chi connectivity index (χ1) is 10.4. The van der Waals surface area contributed by atoms with E-state index in [9.17, 15) is 13.6 Å². The van der Waals surface area contributed by atoms with Crippen LogP contribution >= 0.6 is 0 Å². The van der Waals surface area contributed by atoms with Gasteiger partial charge < -0.3 is 4.57 Å². The fourth-order valence-corrected chi connectivity index (χ4v) is 2.81. The summed E-state index contributed by atoms with van der Waals surface area (Å²) in [5.74, 6) is -3.56. The topological polar surface area (TPSA) is 45.8 Å². The third-order valence-electron chi connectivity index (χ3n) is 4.04. The fourth-order valence-electron chi connectivity index (χ4n) is 2.81. The maximum Gasteiger partial charge on any atom is 0.249 e. The number of hydrogen-bond acceptors (Lipinski definition) is 2. The molecule has 1 aromatic heterocycles. The molecule has 1 heterocycles. The number of carbonyl (C=O) groups excluding carboxylic acids is 1. The highest BCUT2D eigenvalue weighted by atomic mass is 19.3. The number of rotatable bonds is 3. The van der Waals surface area contributed by atoms with Crippen LogP contribution < -0.4 is 0 Å². The smallest absolute Gasteiger partial charge is 0.249 e.